The highest BCUT2D eigenvalue weighted by Crippen LogP contribution is 2.50. The predicted molar refractivity (Wildman–Crippen MR) is 47.3 cm³/mol. The minimum Gasteiger partial charge on any atom is -0.368 e. The van der Waals surface area contributed by atoms with Crippen LogP contribution >= 0.6 is 7.37 Å². The van der Waals surface area contributed by atoms with Gasteiger partial charge in [0.2, 0.25) is 7.37 Å². The van der Waals surface area contributed by atoms with Gasteiger partial charge in [-0.3, -0.25) is 4.57 Å². The van der Waals surface area contributed by atoms with Crippen molar-refractivity contribution in [3.8, 4) is 0 Å². The van der Waals surface area contributed by atoms with E-state index in [1.165, 1.54) is 0 Å². The fourth-order valence-electron chi connectivity index (χ4n) is 1.34. The molecule has 4 nitrogen and oxygen atoms in total. The van der Waals surface area contributed by atoms with Crippen molar-refractivity contribution in [3.05, 3.63) is 0 Å². The summed E-state index contributed by atoms with van der Waals surface area (Å²) in [6.07, 6.45) is 2.53. The molecule has 0 amide bonds. The zero-order chi connectivity index (χ0) is 9.03. The third kappa shape index (κ3) is 2.56. The number of nitrogens with two attached hydrogens (primary N) is 1. The van der Waals surface area contributed by atoms with Crippen LogP contribution in [-0.4, -0.2) is 30.1 Å². The minimum atomic E-state index is -3.06. The molecule has 3 N–H and O–H groups in total. The maximum atomic E-state index is 11.6. The Bertz CT molecular complexity index is 179. The lowest BCUT2D eigenvalue weighted by Crippen LogP contribution is -2.11. The quantitative estimate of drug-likeness (QED) is 0.646. The van der Waals surface area contributed by atoms with E-state index in [-0.39, 0.29) is 0 Å². The van der Waals surface area contributed by atoms with Crippen LogP contribution < -0.4 is 5.73 Å². The van der Waals surface area contributed by atoms with Gasteiger partial charge >= 0.3 is 0 Å². The third-order valence-corrected chi connectivity index (χ3v) is 4.30. The first-order valence-electron chi connectivity index (χ1n) is 4.30. The zero-order valence-electron chi connectivity index (χ0n) is 7.11. The summed E-state index contributed by atoms with van der Waals surface area (Å²) in [7, 11) is -3.06. The first kappa shape index (κ1) is 10.2. The van der Waals surface area contributed by atoms with E-state index in [9.17, 15) is 9.46 Å². The van der Waals surface area contributed by atoms with Crippen molar-refractivity contribution in [2.24, 2.45) is 5.73 Å². The van der Waals surface area contributed by atoms with E-state index in [0.29, 0.717) is 25.7 Å². The van der Waals surface area contributed by atoms with Crippen molar-refractivity contribution in [2.75, 3.05) is 19.3 Å². The molecule has 2 atom stereocenters. The smallest absolute Gasteiger partial charge is 0.228 e. The fraction of sp³-hybridized carbons (Fsp3) is 1.00. The summed E-state index contributed by atoms with van der Waals surface area (Å²) in [4.78, 5) is 9.52. The average molecular weight is 193 g/mol. The number of hydrogen-bond donors (Lipinski definition) is 2. The van der Waals surface area contributed by atoms with Gasteiger partial charge < -0.3 is 15.4 Å². The van der Waals surface area contributed by atoms with Crippen molar-refractivity contribution in [1.82, 2.24) is 0 Å². The largest absolute Gasteiger partial charge is 0.368 e. The van der Waals surface area contributed by atoms with E-state index < -0.39 is 13.2 Å². The molecule has 0 spiro atoms. The Balaban J connectivity index is 2.40. The Morgan fingerprint density at radius 2 is 2.42 bits per heavy atom. The van der Waals surface area contributed by atoms with E-state index in [0.717, 1.165) is 12.8 Å². The molecule has 5 heteroatoms. The molecule has 1 rings (SSSR count). The van der Waals surface area contributed by atoms with Gasteiger partial charge in [0.15, 0.2) is 0 Å². The number of rotatable bonds is 4. The molecule has 0 aromatic carbocycles. The number of ether oxygens (including phenoxy) is 1. The Hall–Kier alpha value is 0.110. The fourth-order valence-corrected chi connectivity index (χ4v) is 3.19. The van der Waals surface area contributed by atoms with Gasteiger partial charge in [-0.2, -0.15) is 0 Å². The van der Waals surface area contributed by atoms with Crippen molar-refractivity contribution in [3.63, 3.8) is 0 Å². The molecule has 1 fully saturated rings. The van der Waals surface area contributed by atoms with E-state index >= 15 is 0 Å². The molecule has 0 bridgehead atoms. The molecule has 0 saturated carbocycles. The molecule has 72 valence electrons. The molecule has 0 aromatic rings. The van der Waals surface area contributed by atoms with Gasteiger partial charge in [0.25, 0.3) is 0 Å². The molecular formula is C7H16NO3P. The molecule has 1 aliphatic heterocycles. The standard InChI is InChI=1S/C7H16NO3P/c8-4-2-6-12(9,10)7-3-1-5-11-7/h7H,1-6,8H2,(H,9,10)/t7-/m1/s1. The maximum Gasteiger partial charge on any atom is 0.228 e. The van der Waals surface area contributed by atoms with Crippen LogP contribution in [0.5, 0.6) is 0 Å². The Labute approximate surface area is 72.5 Å². The second-order valence-electron chi connectivity index (χ2n) is 3.09. The zero-order valence-corrected chi connectivity index (χ0v) is 8.00. The summed E-state index contributed by atoms with van der Waals surface area (Å²) in [6.45, 7) is 1.09. The van der Waals surface area contributed by atoms with Crippen LogP contribution in [-0.2, 0) is 9.30 Å². The molecule has 0 aliphatic carbocycles. The van der Waals surface area contributed by atoms with Crippen LogP contribution in [0, 0.1) is 0 Å². The van der Waals surface area contributed by atoms with E-state index in [1.54, 1.807) is 0 Å². The molecule has 1 unspecified atom stereocenters. The van der Waals surface area contributed by atoms with Gasteiger partial charge in [-0.15, -0.1) is 0 Å². The van der Waals surface area contributed by atoms with Crippen LogP contribution in [0.1, 0.15) is 19.3 Å². The SMILES string of the molecule is NCCCP(=O)(O)[C@@H]1CCCO1. The van der Waals surface area contributed by atoms with Gasteiger partial charge in [0.05, 0.1) is 0 Å². The van der Waals surface area contributed by atoms with Gasteiger partial charge in [-0.1, -0.05) is 0 Å². The molecule has 12 heavy (non-hydrogen) atoms. The van der Waals surface area contributed by atoms with Gasteiger partial charge in [-0.25, -0.2) is 0 Å². The summed E-state index contributed by atoms with van der Waals surface area (Å²) in [5, 5.41) is 0. The van der Waals surface area contributed by atoms with E-state index in [4.69, 9.17) is 10.5 Å². The Morgan fingerprint density at radius 3 is 2.92 bits per heavy atom. The topological polar surface area (TPSA) is 72.6 Å². The summed E-state index contributed by atoms with van der Waals surface area (Å²) >= 11 is 0. The maximum absolute atomic E-state index is 11.6. The Morgan fingerprint density at radius 1 is 1.67 bits per heavy atom. The van der Waals surface area contributed by atoms with E-state index in [2.05, 4.69) is 0 Å². The van der Waals surface area contributed by atoms with Crippen molar-refractivity contribution >= 4 is 7.37 Å². The summed E-state index contributed by atoms with van der Waals surface area (Å²) in [5.41, 5.74) is 5.26. The minimum absolute atomic E-state index is 0.300. The van der Waals surface area contributed by atoms with Crippen molar-refractivity contribution in [1.29, 1.82) is 0 Å². The van der Waals surface area contributed by atoms with Crippen LogP contribution in [0.2, 0.25) is 0 Å². The highest BCUT2D eigenvalue weighted by Gasteiger charge is 2.33. The first-order valence-corrected chi connectivity index (χ1v) is 6.21. The van der Waals surface area contributed by atoms with Crippen LogP contribution in [0.25, 0.3) is 0 Å². The third-order valence-electron chi connectivity index (χ3n) is 2.04. The highest BCUT2D eigenvalue weighted by molar-refractivity contribution is 7.58. The van der Waals surface area contributed by atoms with Gasteiger partial charge in [-0.05, 0) is 25.8 Å². The number of hydrogen-bond acceptors (Lipinski definition) is 3. The Kier molecular flexibility index (Phi) is 3.72. The van der Waals surface area contributed by atoms with Gasteiger partial charge in [0, 0.05) is 12.8 Å². The van der Waals surface area contributed by atoms with E-state index in [1.807, 2.05) is 0 Å². The lowest BCUT2D eigenvalue weighted by atomic mass is 10.4. The highest BCUT2D eigenvalue weighted by atomic mass is 31.2. The average Bonchev–Trinajstić information content (AvgIpc) is 2.53. The second kappa shape index (κ2) is 4.38. The van der Waals surface area contributed by atoms with Crippen molar-refractivity contribution in [2.45, 2.75) is 25.1 Å². The predicted octanol–water partition coefficient (Wildman–Crippen LogP) is 0.742. The molecule has 1 heterocycles. The molecule has 0 radical (unpaired) electrons. The van der Waals surface area contributed by atoms with Crippen LogP contribution in [0.3, 0.4) is 0 Å². The molecule has 1 aliphatic rings. The van der Waals surface area contributed by atoms with Crippen LogP contribution in [0.15, 0.2) is 0 Å². The van der Waals surface area contributed by atoms with Gasteiger partial charge in [0.1, 0.15) is 5.85 Å². The lowest BCUT2D eigenvalue weighted by Gasteiger charge is -2.17. The lowest BCUT2D eigenvalue weighted by molar-refractivity contribution is 0.154. The molecule has 0 aromatic heterocycles. The molecule has 1 saturated heterocycles. The first-order chi connectivity index (χ1) is 5.67. The summed E-state index contributed by atoms with van der Waals surface area (Å²) in [5.74, 6) is -0.413. The summed E-state index contributed by atoms with van der Waals surface area (Å²) in [6, 6.07) is 0. The second-order valence-corrected chi connectivity index (χ2v) is 5.62. The summed E-state index contributed by atoms with van der Waals surface area (Å²) < 4.78 is 16.7. The molecular weight excluding hydrogens is 177 g/mol. The normalized spacial score (nSPS) is 28.7. The monoisotopic (exact) mass is 193 g/mol. The van der Waals surface area contributed by atoms with Crippen LogP contribution in [0.4, 0.5) is 0 Å². The van der Waals surface area contributed by atoms with Crippen molar-refractivity contribution < 1.29 is 14.2 Å².